The van der Waals surface area contributed by atoms with Crippen molar-refractivity contribution in [2.75, 3.05) is 11.9 Å². The molecule has 0 aliphatic rings. The van der Waals surface area contributed by atoms with Crippen molar-refractivity contribution in [3.05, 3.63) is 41.7 Å². The molecule has 0 aromatic carbocycles. The van der Waals surface area contributed by atoms with Crippen molar-refractivity contribution in [3.63, 3.8) is 0 Å². The molecule has 0 radical (unpaired) electrons. The molecule has 0 aliphatic carbocycles. The standard InChI is InChI=1S/C16H20N4O2/c1-11-12(2)20(6-4-7-21)16-14(11)15(18-10-19-16)17-9-13-5-3-8-22-13/h3,5,8,10,21H,4,6-7,9H2,1-2H3,(H,17,18,19). The van der Waals surface area contributed by atoms with Gasteiger partial charge in [0.25, 0.3) is 0 Å². The largest absolute Gasteiger partial charge is 0.467 e. The van der Waals surface area contributed by atoms with Gasteiger partial charge < -0.3 is 19.4 Å². The Balaban J connectivity index is 1.97. The number of aliphatic hydroxyl groups is 1. The Hall–Kier alpha value is -2.34. The first-order valence-electron chi connectivity index (χ1n) is 7.40. The molecule has 116 valence electrons. The number of nitrogens with zero attached hydrogens (tertiary/aromatic N) is 3. The van der Waals surface area contributed by atoms with Gasteiger partial charge in [-0.1, -0.05) is 0 Å². The van der Waals surface area contributed by atoms with Crippen LogP contribution in [-0.2, 0) is 13.1 Å². The zero-order valence-electron chi connectivity index (χ0n) is 12.8. The summed E-state index contributed by atoms with van der Waals surface area (Å²) in [6, 6.07) is 3.79. The first-order chi connectivity index (χ1) is 10.7. The quantitative estimate of drug-likeness (QED) is 0.732. The Morgan fingerprint density at radius 1 is 1.32 bits per heavy atom. The van der Waals surface area contributed by atoms with Crippen LogP contribution in [-0.4, -0.2) is 26.2 Å². The third kappa shape index (κ3) is 2.57. The lowest BCUT2D eigenvalue weighted by atomic mass is 10.2. The van der Waals surface area contributed by atoms with Gasteiger partial charge >= 0.3 is 0 Å². The van der Waals surface area contributed by atoms with Gasteiger partial charge in [0.05, 0.1) is 18.2 Å². The SMILES string of the molecule is Cc1c(C)n(CCCO)c2ncnc(NCc3ccco3)c12. The monoisotopic (exact) mass is 300 g/mol. The molecule has 0 spiro atoms. The van der Waals surface area contributed by atoms with Crippen LogP contribution in [0.4, 0.5) is 5.82 Å². The molecule has 0 atom stereocenters. The minimum Gasteiger partial charge on any atom is -0.467 e. The highest BCUT2D eigenvalue weighted by Gasteiger charge is 2.16. The minimum absolute atomic E-state index is 0.173. The number of hydrogen-bond acceptors (Lipinski definition) is 5. The predicted octanol–water partition coefficient (Wildman–Crippen LogP) is 2.64. The van der Waals surface area contributed by atoms with Gasteiger partial charge in [0.1, 0.15) is 23.6 Å². The Bertz CT molecular complexity index is 762. The van der Waals surface area contributed by atoms with Gasteiger partial charge in [0.2, 0.25) is 0 Å². The van der Waals surface area contributed by atoms with Crippen LogP contribution in [0.3, 0.4) is 0 Å². The van der Waals surface area contributed by atoms with Crippen LogP contribution in [0.5, 0.6) is 0 Å². The second kappa shape index (κ2) is 6.19. The summed E-state index contributed by atoms with van der Waals surface area (Å²) in [5.74, 6) is 1.67. The summed E-state index contributed by atoms with van der Waals surface area (Å²) in [6.45, 7) is 5.66. The maximum Gasteiger partial charge on any atom is 0.145 e. The lowest BCUT2D eigenvalue weighted by Gasteiger charge is -2.07. The highest BCUT2D eigenvalue weighted by atomic mass is 16.3. The summed E-state index contributed by atoms with van der Waals surface area (Å²) in [7, 11) is 0. The molecule has 2 N–H and O–H groups in total. The van der Waals surface area contributed by atoms with Gasteiger partial charge in [-0.2, -0.15) is 0 Å². The number of rotatable bonds is 6. The number of nitrogens with one attached hydrogen (secondary N) is 1. The number of aryl methyl sites for hydroxylation is 2. The Labute approximate surface area is 128 Å². The third-order valence-corrected chi connectivity index (χ3v) is 3.96. The number of aliphatic hydroxyl groups excluding tert-OH is 1. The van der Waals surface area contributed by atoms with E-state index in [2.05, 4.69) is 33.7 Å². The number of hydrogen-bond donors (Lipinski definition) is 2. The fraction of sp³-hybridized carbons (Fsp3) is 0.375. The predicted molar refractivity (Wildman–Crippen MR) is 84.7 cm³/mol. The number of aromatic nitrogens is 3. The molecule has 0 saturated heterocycles. The molecule has 0 fully saturated rings. The summed E-state index contributed by atoms with van der Waals surface area (Å²) >= 11 is 0. The van der Waals surface area contributed by atoms with E-state index in [1.54, 1.807) is 12.6 Å². The van der Waals surface area contributed by atoms with Gasteiger partial charge in [-0.3, -0.25) is 0 Å². The maximum absolute atomic E-state index is 9.07. The normalized spacial score (nSPS) is 11.2. The molecule has 3 heterocycles. The first-order valence-corrected chi connectivity index (χ1v) is 7.40. The van der Waals surface area contributed by atoms with Crippen molar-refractivity contribution < 1.29 is 9.52 Å². The molecule has 6 nitrogen and oxygen atoms in total. The van der Waals surface area contributed by atoms with Gasteiger partial charge in [-0.25, -0.2) is 9.97 Å². The Morgan fingerprint density at radius 3 is 2.91 bits per heavy atom. The van der Waals surface area contributed by atoms with E-state index in [0.29, 0.717) is 13.0 Å². The molecule has 0 aliphatic heterocycles. The van der Waals surface area contributed by atoms with E-state index in [9.17, 15) is 0 Å². The summed E-state index contributed by atoms with van der Waals surface area (Å²) in [6.07, 6.45) is 3.94. The summed E-state index contributed by atoms with van der Waals surface area (Å²) in [5, 5.41) is 13.4. The number of fused-ring (bicyclic) bond motifs is 1. The fourth-order valence-electron chi connectivity index (χ4n) is 2.69. The molecular formula is C16H20N4O2. The highest BCUT2D eigenvalue weighted by Crippen LogP contribution is 2.29. The molecule has 0 saturated carbocycles. The molecule has 0 bridgehead atoms. The van der Waals surface area contributed by atoms with Gasteiger partial charge in [-0.05, 0) is 38.0 Å². The minimum atomic E-state index is 0.173. The van der Waals surface area contributed by atoms with E-state index in [1.807, 2.05) is 12.1 Å². The van der Waals surface area contributed by atoms with Crippen molar-refractivity contribution in [1.82, 2.24) is 14.5 Å². The molecule has 0 amide bonds. The summed E-state index contributed by atoms with van der Waals surface area (Å²) in [5.41, 5.74) is 3.22. The van der Waals surface area contributed by atoms with Crippen LogP contribution in [0.1, 0.15) is 23.4 Å². The fourth-order valence-corrected chi connectivity index (χ4v) is 2.69. The molecule has 6 heteroatoms. The van der Waals surface area contributed by atoms with Crippen LogP contribution in [0.25, 0.3) is 11.0 Å². The van der Waals surface area contributed by atoms with Crippen molar-refractivity contribution >= 4 is 16.9 Å². The second-order valence-electron chi connectivity index (χ2n) is 5.29. The lowest BCUT2D eigenvalue weighted by molar-refractivity contribution is 0.280. The number of furan rings is 1. The van der Waals surface area contributed by atoms with Gasteiger partial charge in [0, 0.05) is 18.8 Å². The van der Waals surface area contributed by atoms with Crippen molar-refractivity contribution in [2.24, 2.45) is 0 Å². The van der Waals surface area contributed by atoms with Crippen LogP contribution in [0.2, 0.25) is 0 Å². The molecular weight excluding hydrogens is 280 g/mol. The van der Waals surface area contributed by atoms with Crippen LogP contribution in [0.15, 0.2) is 29.1 Å². The smallest absolute Gasteiger partial charge is 0.145 e. The zero-order valence-corrected chi connectivity index (χ0v) is 12.8. The molecule has 3 aromatic heterocycles. The average Bonchev–Trinajstić information content (AvgIpc) is 3.13. The Kier molecular flexibility index (Phi) is 4.11. The van der Waals surface area contributed by atoms with E-state index < -0.39 is 0 Å². The van der Waals surface area contributed by atoms with E-state index in [0.717, 1.165) is 40.4 Å². The first kappa shape index (κ1) is 14.6. The summed E-state index contributed by atoms with van der Waals surface area (Å²) < 4.78 is 7.48. The average molecular weight is 300 g/mol. The van der Waals surface area contributed by atoms with E-state index in [-0.39, 0.29) is 6.61 Å². The topological polar surface area (TPSA) is 76.1 Å². The van der Waals surface area contributed by atoms with Crippen LogP contribution < -0.4 is 5.32 Å². The lowest BCUT2D eigenvalue weighted by Crippen LogP contribution is -2.04. The molecule has 3 aromatic rings. The third-order valence-electron chi connectivity index (χ3n) is 3.96. The second-order valence-corrected chi connectivity index (χ2v) is 5.29. The van der Waals surface area contributed by atoms with Crippen LogP contribution in [0, 0.1) is 13.8 Å². The van der Waals surface area contributed by atoms with Crippen molar-refractivity contribution in [3.8, 4) is 0 Å². The van der Waals surface area contributed by atoms with E-state index >= 15 is 0 Å². The Morgan fingerprint density at radius 2 is 2.18 bits per heavy atom. The van der Waals surface area contributed by atoms with E-state index in [1.165, 1.54) is 0 Å². The molecule has 3 rings (SSSR count). The van der Waals surface area contributed by atoms with Crippen LogP contribution >= 0.6 is 0 Å². The molecule has 0 unspecified atom stereocenters. The van der Waals surface area contributed by atoms with Gasteiger partial charge in [0.15, 0.2) is 0 Å². The zero-order chi connectivity index (χ0) is 15.5. The summed E-state index contributed by atoms with van der Waals surface area (Å²) in [4.78, 5) is 8.80. The van der Waals surface area contributed by atoms with Gasteiger partial charge in [-0.15, -0.1) is 0 Å². The highest BCUT2D eigenvalue weighted by molar-refractivity contribution is 5.91. The van der Waals surface area contributed by atoms with E-state index in [4.69, 9.17) is 9.52 Å². The van der Waals surface area contributed by atoms with Crippen molar-refractivity contribution in [1.29, 1.82) is 0 Å². The molecule has 22 heavy (non-hydrogen) atoms. The maximum atomic E-state index is 9.07. The number of anilines is 1. The van der Waals surface area contributed by atoms with Crippen molar-refractivity contribution in [2.45, 2.75) is 33.4 Å².